The number of thioether (sulfide) groups is 1. The van der Waals surface area contributed by atoms with E-state index >= 15 is 0 Å². The number of carboxylic acid groups (broad SMARTS) is 1. The van der Waals surface area contributed by atoms with Gasteiger partial charge in [0.2, 0.25) is 0 Å². The molecule has 0 radical (unpaired) electrons. The number of nitrogens with zero attached hydrogens (tertiary/aromatic N) is 3. The maximum absolute atomic E-state index is 10.8. The molecule has 2 heterocycles. The van der Waals surface area contributed by atoms with Crippen LogP contribution in [0.15, 0.2) is 35.5 Å². The molecular formula is C18H20N3O3S-. The highest BCUT2D eigenvalue weighted by Crippen LogP contribution is 2.25. The second kappa shape index (κ2) is 8.31. The highest BCUT2D eigenvalue weighted by molar-refractivity contribution is 7.98. The summed E-state index contributed by atoms with van der Waals surface area (Å²) in [6, 6.07) is 8.69. The summed E-state index contributed by atoms with van der Waals surface area (Å²) in [7, 11) is 1.66. The lowest BCUT2D eigenvalue weighted by Gasteiger charge is -2.17. The standard InChI is InChI=1S/C18H21N3O3S/c1-24-11-15-10-16(21-8-2-3-9-21)20-18(19-15)25-12-13-4-6-14(7-5-13)17(22)23/h4-7,10H,2-3,8-9,11-12H2,1H3,(H,22,23)/p-1. The van der Waals surface area contributed by atoms with E-state index in [4.69, 9.17) is 4.74 Å². The number of ether oxygens (including phenoxy) is 1. The van der Waals surface area contributed by atoms with E-state index < -0.39 is 5.97 Å². The number of anilines is 1. The van der Waals surface area contributed by atoms with Gasteiger partial charge in [-0.2, -0.15) is 0 Å². The summed E-state index contributed by atoms with van der Waals surface area (Å²) >= 11 is 1.53. The van der Waals surface area contributed by atoms with Crippen LogP contribution in [0.3, 0.4) is 0 Å². The first kappa shape index (κ1) is 17.7. The van der Waals surface area contributed by atoms with Gasteiger partial charge in [0, 0.05) is 32.0 Å². The Morgan fingerprint density at radius 2 is 1.96 bits per heavy atom. The normalized spacial score (nSPS) is 14.0. The second-order valence-corrected chi connectivity index (χ2v) is 6.84. The van der Waals surface area contributed by atoms with E-state index in [1.807, 2.05) is 6.07 Å². The maximum Gasteiger partial charge on any atom is 0.190 e. The number of hydrogen-bond acceptors (Lipinski definition) is 7. The molecule has 0 atom stereocenters. The van der Waals surface area contributed by atoms with Crippen molar-refractivity contribution in [2.24, 2.45) is 0 Å². The van der Waals surface area contributed by atoms with E-state index in [1.165, 1.54) is 24.6 Å². The van der Waals surface area contributed by atoms with Gasteiger partial charge in [0.1, 0.15) is 5.82 Å². The van der Waals surface area contributed by atoms with Gasteiger partial charge in [-0.05, 0) is 24.0 Å². The molecule has 0 bridgehead atoms. The highest BCUT2D eigenvalue weighted by Gasteiger charge is 2.16. The number of benzene rings is 1. The zero-order chi connectivity index (χ0) is 17.6. The molecule has 1 saturated heterocycles. The lowest BCUT2D eigenvalue weighted by molar-refractivity contribution is -0.255. The quantitative estimate of drug-likeness (QED) is 0.552. The fraction of sp³-hybridized carbons (Fsp3) is 0.389. The number of methoxy groups -OCH3 is 1. The minimum atomic E-state index is -1.16. The van der Waals surface area contributed by atoms with Crippen molar-refractivity contribution >= 4 is 23.5 Å². The predicted octanol–water partition coefficient (Wildman–Crippen LogP) is 1.88. The summed E-state index contributed by atoms with van der Waals surface area (Å²) < 4.78 is 5.22. The molecule has 1 aliphatic heterocycles. The van der Waals surface area contributed by atoms with Crippen molar-refractivity contribution in [2.75, 3.05) is 25.1 Å². The predicted molar refractivity (Wildman–Crippen MR) is 94.5 cm³/mol. The zero-order valence-corrected chi connectivity index (χ0v) is 14.9. The summed E-state index contributed by atoms with van der Waals surface area (Å²) in [5.41, 5.74) is 2.07. The molecule has 25 heavy (non-hydrogen) atoms. The first-order valence-electron chi connectivity index (χ1n) is 8.20. The summed E-state index contributed by atoms with van der Waals surface area (Å²) in [5, 5.41) is 11.5. The minimum absolute atomic E-state index is 0.184. The first-order valence-corrected chi connectivity index (χ1v) is 9.19. The Bertz CT molecular complexity index is 731. The number of carbonyl (C=O) groups is 1. The van der Waals surface area contributed by atoms with Crippen LogP contribution in [-0.2, 0) is 17.1 Å². The molecule has 0 amide bonds. The topological polar surface area (TPSA) is 78.4 Å². The monoisotopic (exact) mass is 358 g/mol. The Balaban J connectivity index is 1.72. The minimum Gasteiger partial charge on any atom is -0.545 e. The number of carboxylic acids is 1. The molecule has 7 heteroatoms. The molecule has 3 rings (SSSR count). The van der Waals surface area contributed by atoms with Gasteiger partial charge >= 0.3 is 0 Å². The molecule has 0 spiro atoms. The van der Waals surface area contributed by atoms with Crippen molar-refractivity contribution in [2.45, 2.75) is 30.4 Å². The van der Waals surface area contributed by atoms with Crippen molar-refractivity contribution in [1.82, 2.24) is 9.97 Å². The van der Waals surface area contributed by atoms with Gasteiger partial charge in [0.25, 0.3) is 0 Å². The third kappa shape index (κ3) is 4.70. The van der Waals surface area contributed by atoms with E-state index in [-0.39, 0.29) is 5.56 Å². The lowest BCUT2D eigenvalue weighted by Crippen LogP contribution is -2.21. The molecule has 1 fully saturated rings. The molecule has 6 nitrogen and oxygen atoms in total. The Morgan fingerprint density at radius 3 is 2.60 bits per heavy atom. The van der Waals surface area contributed by atoms with Gasteiger partial charge in [-0.3, -0.25) is 0 Å². The van der Waals surface area contributed by atoms with Crippen molar-refractivity contribution in [3.8, 4) is 0 Å². The molecule has 1 aliphatic rings. The van der Waals surface area contributed by atoms with E-state index in [1.54, 1.807) is 31.4 Å². The largest absolute Gasteiger partial charge is 0.545 e. The Hall–Kier alpha value is -2.12. The second-order valence-electron chi connectivity index (χ2n) is 5.90. The van der Waals surface area contributed by atoms with Crippen molar-refractivity contribution in [3.05, 3.63) is 47.2 Å². The number of hydrogen-bond donors (Lipinski definition) is 0. The average Bonchev–Trinajstić information content (AvgIpc) is 3.15. The van der Waals surface area contributed by atoms with Crippen LogP contribution in [0.2, 0.25) is 0 Å². The Labute approximate surface area is 151 Å². The highest BCUT2D eigenvalue weighted by atomic mass is 32.2. The Kier molecular flexibility index (Phi) is 5.88. The molecule has 132 valence electrons. The molecule has 1 aromatic carbocycles. The van der Waals surface area contributed by atoms with Crippen LogP contribution in [0.1, 0.15) is 34.5 Å². The van der Waals surface area contributed by atoms with Crippen molar-refractivity contribution in [1.29, 1.82) is 0 Å². The molecule has 2 aromatic rings. The molecule has 0 saturated carbocycles. The first-order chi connectivity index (χ1) is 12.2. The fourth-order valence-electron chi connectivity index (χ4n) is 2.74. The van der Waals surface area contributed by atoms with Crippen molar-refractivity contribution < 1.29 is 14.6 Å². The summed E-state index contributed by atoms with van der Waals surface area (Å²) in [6.07, 6.45) is 2.38. The number of aromatic carboxylic acids is 1. The zero-order valence-electron chi connectivity index (χ0n) is 14.1. The molecule has 0 unspecified atom stereocenters. The number of aromatic nitrogens is 2. The van der Waals surface area contributed by atoms with Crippen LogP contribution in [0, 0.1) is 0 Å². The van der Waals surface area contributed by atoms with Crippen LogP contribution in [-0.4, -0.2) is 36.1 Å². The molecule has 1 aromatic heterocycles. The summed E-state index contributed by atoms with van der Waals surface area (Å²) in [5.74, 6) is 0.461. The Morgan fingerprint density at radius 1 is 1.24 bits per heavy atom. The number of carbonyl (C=O) groups excluding carboxylic acids is 1. The van der Waals surface area contributed by atoms with E-state index in [0.29, 0.717) is 17.5 Å². The van der Waals surface area contributed by atoms with Crippen LogP contribution >= 0.6 is 11.8 Å². The third-order valence-corrected chi connectivity index (χ3v) is 4.94. The van der Waals surface area contributed by atoms with Gasteiger partial charge < -0.3 is 19.5 Å². The smallest absolute Gasteiger partial charge is 0.190 e. The molecule has 0 N–H and O–H groups in total. The van der Waals surface area contributed by atoms with Crippen molar-refractivity contribution in [3.63, 3.8) is 0 Å². The molecule has 0 aliphatic carbocycles. The lowest BCUT2D eigenvalue weighted by atomic mass is 10.1. The maximum atomic E-state index is 10.8. The van der Waals surface area contributed by atoms with Gasteiger partial charge in [-0.15, -0.1) is 0 Å². The van der Waals surface area contributed by atoms with E-state index in [0.717, 1.165) is 30.2 Å². The van der Waals surface area contributed by atoms with E-state index in [9.17, 15) is 9.90 Å². The van der Waals surface area contributed by atoms with Crippen LogP contribution in [0.25, 0.3) is 0 Å². The number of rotatable bonds is 7. The SMILES string of the molecule is COCc1cc(N2CCCC2)nc(SCc2ccc(C(=O)[O-])cc2)n1. The summed E-state index contributed by atoms with van der Waals surface area (Å²) in [6.45, 7) is 2.51. The van der Waals surface area contributed by atoms with Crippen LogP contribution in [0.4, 0.5) is 5.82 Å². The summed E-state index contributed by atoms with van der Waals surface area (Å²) in [4.78, 5) is 22.3. The van der Waals surface area contributed by atoms with Crippen LogP contribution < -0.4 is 10.0 Å². The van der Waals surface area contributed by atoms with Crippen LogP contribution in [0.5, 0.6) is 0 Å². The third-order valence-electron chi connectivity index (χ3n) is 4.03. The van der Waals surface area contributed by atoms with E-state index in [2.05, 4.69) is 14.9 Å². The van der Waals surface area contributed by atoms with Gasteiger partial charge in [0.05, 0.1) is 18.3 Å². The molecular weight excluding hydrogens is 338 g/mol. The van der Waals surface area contributed by atoms with Gasteiger partial charge in [0.15, 0.2) is 5.16 Å². The average molecular weight is 358 g/mol. The fourth-order valence-corrected chi connectivity index (χ4v) is 3.57. The van der Waals surface area contributed by atoms with Gasteiger partial charge in [-0.25, -0.2) is 9.97 Å². The van der Waals surface area contributed by atoms with Gasteiger partial charge in [-0.1, -0.05) is 36.0 Å².